The molecule has 5 nitrogen and oxygen atoms in total. The molecule has 20 heavy (non-hydrogen) atoms. The Morgan fingerprint density at radius 1 is 1.45 bits per heavy atom. The minimum Gasteiger partial charge on any atom is -0.481 e. The molecule has 0 aliphatic carbocycles. The van der Waals surface area contributed by atoms with Crippen LogP contribution in [0.15, 0.2) is 22.7 Å². The summed E-state index contributed by atoms with van der Waals surface area (Å²) in [5.74, 6) is -1.04. The van der Waals surface area contributed by atoms with Crippen LogP contribution in [0.25, 0.3) is 0 Å². The maximum absolute atomic E-state index is 11.2. The van der Waals surface area contributed by atoms with Crippen LogP contribution in [0, 0.1) is 5.92 Å². The molecule has 0 saturated carbocycles. The molecule has 6 heteroatoms. The lowest BCUT2D eigenvalue weighted by Gasteiger charge is -2.34. The summed E-state index contributed by atoms with van der Waals surface area (Å²) in [4.78, 5) is 24.2. The molecule has 0 bridgehead atoms. The fraction of sp³-hybridized carbons (Fsp3) is 0.429. The summed E-state index contributed by atoms with van der Waals surface area (Å²) < 4.78 is 0.669. The van der Waals surface area contributed by atoms with Crippen LogP contribution in [-0.4, -0.2) is 30.1 Å². The predicted octanol–water partition coefficient (Wildman–Crippen LogP) is 2.24. The number of carbonyl (C=O) groups is 2. The first-order valence-corrected chi connectivity index (χ1v) is 7.32. The van der Waals surface area contributed by atoms with Gasteiger partial charge in [0, 0.05) is 29.7 Å². The molecule has 2 rings (SSSR count). The summed E-state index contributed by atoms with van der Waals surface area (Å²) in [6.45, 7) is 1.63. The first-order valence-electron chi connectivity index (χ1n) is 6.53. The van der Waals surface area contributed by atoms with Crippen LogP contribution in [0.5, 0.6) is 0 Å². The van der Waals surface area contributed by atoms with E-state index in [4.69, 9.17) is 10.8 Å². The van der Waals surface area contributed by atoms with Crippen molar-refractivity contribution in [2.24, 2.45) is 11.7 Å². The largest absolute Gasteiger partial charge is 0.481 e. The molecule has 1 unspecified atom stereocenters. The number of nitrogens with zero attached hydrogens (tertiary/aromatic N) is 1. The van der Waals surface area contributed by atoms with E-state index in [1.54, 1.807) is 6.07 Å². The molecule has 1 saturated heterocycles. The van der Waals surface area contributed by atoms with E-state index in [0.717, 1.165) is 31.6 Å². The Kier molecular flexibility index (Phi) is 4.65. The molecule has 1 amide bonds. The van der Waals surface area contributed by atoms with E-state index >= 15 is 0 Å². The van der Waals surface area contributed by atoms with Gasteiger partial charge in [-0.3, -0.25) is 9.59 Å². The standard InChI is InChI=1S/C14H17BrN2O3/c15-12-7-10(3-4-11(12)14(16)20)17-5-1-2-9(8-17)6-13(18)19/h3-4,7,9H,1-2,5-6,8H2,(H2,16,20)(H,18,19). The third kappa shape index (κ3) is 3.50. The maximum Gasteiger partial charge on any atom is 0.303 e. The van der Waals surface area contributed by atoms with Crippen LogP contribution in [0.2, 0.25) is 0 Å². The van der Waals surface area contributed by atoms with Crippen LogP contribution in [-0.2, 0) is 4.79 Å². The topological polar surface area (TPSA) is 83.6 Å². The normalized spacial score (nSPS) is 18.9. The van der Waals surface area contributed by atoms with E-state index in [-0.39, 0.29) is 12.3 Å². The van der Waals surface area contributed by atoms with Crippen molar-refractivity contribution >= 4 is 33.5 Å². The van der Waals surface area contributed by atoms with E-state index in [2.05, 4.69) is 20.8 Å². The molecule has 0 spiro atoms. The van der Waals surface area contributed by atoms with Crippen molar-refractivity contribution in [1.82, 2.24) is 0 Å². The molecule has 1 aliphatic heterocycles. The molecule has 0 radical (unpaired) electrons. The number of hydrogen-bond acceptors (Lipinski definition) is 3. The molecule has 1 atom stereocenters. The van der Waals surface area contributed by atoms with Crippen molar-refractivity contribution in [3.05, 3.63) is 28.2 Å². The molecular weight excluding hydrogens is 324 g/mol. The summed E-state index contributed by atoms with van der Waals surface area (Å²) >= 11 is 3.35. The summed E-state index contributed by atoms with van der Waals surface area (Å²) in [5, 5.41) is 8.89. The Hall–Kier alpha value is -1.56. The number of amides is 1. The predicted molar refractivity (Wildman–Crippen MR) is 79.8 cm³/mol. The Morgan fingerprint density at radius 2 is 2.20 bits per heavy atom. The molecule has 1 aromatic carbocycles. The van der Waals surface area contributed by atoms with Gasteiger partial charge in [-0.05, 0) is 52.9 Å². The smallest absolute Gasteiger partial charge is 0.303 e. The van der Waals surface area contributed by atoms with Gasteiger partial charge in [0.1, 0.15) is 0 Å². The lowest BCUT2D eigenvalue weighted by molar-refractivity contribution is -0.138. The number of benzene rings is 1. The molecular formula is C14H17BrN2O3. The summed E-state index contributed by atoms with van der Waals surface area (Å²) in [6.07, 6.45) is 2.13. The number of aliphatic carboxylic acids is 1. The van der Waals surface area contributed by atoms with Gasteiger partial charge in [0.2, 0.25) is 5.91 Å². The van der Waals surface area contributed by atoms with Gasteiger partial charge in [-0.25, -0.2) is 0 Å². The number of nitrogens with two attached hydrogens (primary N) is 1. The SMILES string of the molecule is NC(=O)c1ccc(N2CCCC(CC(=O)O)C2)cc1Br. The van der Waals surface area contributed by atoms with Gasteiger partial charge in [0.15, 0.2) is 0 Å². The van der Waals surface area contributed by atoms with Gasteiger partial charge in [-0.1, -0.05) is 0 Å². The van der Waals surface area contributed by atoms with Gasteiger partial charge in [0.25, 0.3) is 0 Å². The Balaban J connectivity index is 2.13. The highest BCUT2D eigenvalue weighted by Crippen LogP contribution is 2.28. The Morgan fingerprint density at radius 3 is 2.80 bits per heavy atom. The average molecular weight is 341 g/mol. The van der Waals surface area contributed by atoms with Crippen molar-refractivity contribution in [2.75, 3.05) is 18.0 Å². The molecule has 1 aromatic rings. The second kappa shape index (κ2) is 6.26. The first kappa shape index (κ1) is 14.8. The number of carbonyl (C=O) groups excluding carboxylic acids is 1. The summed E-state index contributed by atoms with van der Waals surface area (Å²) in [6, 6.07) is 5.42. The number of carboxylic acids is 1. The molecule has 0 aromatic heterocycles. The summed E-state index contributed by atoms with van der Waals surface area (Å²) in [7, 11) is 0. The van der Waals surface area contributed by atoms with Crippen molar-refractivity contribution in [3.63, 3.8) is 0 Å². The third-order valence-corrected chi connectivity index (χ3v) is 4.22. The van der Waals surface area contributed by atoms with Gasteiger partial charge in [-0.2, -0.15) is 0 Å². The number of primary amides is 1. The van der Waals surface area contributed by atoms with E-state index in [1.165, 1.54) is 0 Å². The quantitative estimate of drug-likeness (QED) is 0.880. The minimum absolute atomic E-state index is 0.177. The van der Waals surface area contributed by atoms with Gasteiger partial charge < -0.3 is 15.7 Å². The van der Waals surface area contributed by atoms with E-state index in [1.807, 2.05) is 12.1 Å². The zero-order valence-electron chi connectivity index (χ0n) is 11.0. The zero-order valence-corrected chi connectivity index (χ0v) is 12.6. The third-order valence-electron chi connectivity index (χ3n) is 3.57. The second-order valence-electron chi connectivity index (χ2n) is 5.08. The highest BCUT2D eigenvalue weighted by Gasteiger charge is 2.22. The van der Waals surface area contributed by atoms with Crippen molar-refractivity contribution < 1.29 is 14.7 Å². The summed E-state index contributed by atoms with van der Waals surface area (Å²) in [5.41, 5.74) is 6.71. The van der Waals surface area contributed by atoms with E-state index < -0.39 is 11.9 Å². The average Bonchev–Trinajstić information content (AvgIpc) is 2.37. The van der Waals surface area contributed by atoms with Crippen LogP contribution in [0.1, 0.15) is 29.6 Å². The molecule has 3 N–H and O–H groups in total. The van der Waals surface area contributed by atoms with Crippen LogP contribution in [0.3, 0.4) is 0 Å². The molecule has 1 fully saturated rings. The minimum atomic E-state index is -0.748. The highest BCUT2D eigenvalue weighted by atomic mass is 79.9. The highest BCUT2D eigenvalue weighted by molar-refractivity contribution is 9.10. The monoisotopic (exact) mass is 340 g/mol. The molecule has 1 heterocycles. The number of piperidine rings is 1. The van der Waals surface area contributed by atoms with E-state index in [9.17, 15) is 9.59 Å². The van der Waals surface area contributed by atoms with Crippen molar-refractivity contribution in [2.45, 2.75) is 19.3 Å². The fourth-order valence-electron chi connectivity index (χ4n) is 2.61. The van der Waals surface area contributed by atoms with Crippen LogP contribution < -0.4 is 10.6 Å². The first-order chi connectivity index (χ1) is 9.47. The maximum atomic E-state index is 11.2. The van der Waals surface area contributed by atoms with Crippen molar-refractivity contribution in [3.8, 4) is 0 Å². The molecule has 1 aliphatic rings. The second-order valence-corrected chi connectivity index (χ2v) is 5.93. The Labute approximate surface area is 125 Å². The van der Waals surface area contributed by atoms with Gasteiger partial charge >= 0.3 is 5.97 Å². The molecule has 108 valence electrons. The number of anilines is 1. The Bertz CT molecular complexity index is 533. The number of rotatable bonds is 4. The lowest BCUT2D eigenvalue weighted by Crippen LogP contribution is -2.36. The van der Waals surface area contributed by atoms with Crippen molar-refractivity contribution in [1.29, 1.82) is 0 Å². The fourth-order valence-corrected chi connectivity index (χ4v) is 3.18. The number of hydrogen-bond donors (Lipinski definition) is 2. The van der Waals surface area contributed by atoms with Gasteiger partial charge in [0.05, 0.1) is 5.56 Å². The van der Waals surface area contributed by atoms with Crippen LogP contribution >= 0.6 is 15.9 Å². The van der Waals surface area contributed by atoms with Gasteiger partial charge in [-0.15, -0.1) is 0 Å². The number of carboxylic acid groups (broad SMARTS) is 1. The lowest BCUT2D eigenvalue weighted by atomic mass is 9.94. The van der Waals surface area contributed by atoms with E-state index in [0.29, 0.717) is 10.0 Å². The number of halogens is 1. The zero-order chi connectivity index (χ0) is 14.7. The van der Waals surface area contributed by atoms with Crippen LogP contribution in [0.4, 0.5) is 5.69 Å².